The number of hydrogen-bond donors (Lipinski definition) is 1. The van der Waals surface area contributed by atoms with Crippen molar-refractivity contribution < 1.29 is 14.3 Å². The summed E-state index contributed by atoms with van der Waals surface area (Å²) >= 11 is 0. The third kappa shape index (κ3) is 8.47. The molecule has 0 aliphatic carbocycles. The van der Waals surface area contributed by atoms with Gasteiger partial charge in [-0.3, -0.25) is 9.59 Å². The Labute approximate surface area is 228 Å². The molecule has 38 heavy (non-hydrogen) atoms. The Balaban J connectivity index is 1.93. The van der Waals surface area contributed by atoms with E-state index in [1.807, 2.05) is 85.8 Å². The van der Waals surface area contributed by atoms with Crippen molar-refractivity contribution in [1.82, 2.24) is 10.2 Å². The fourth-order valence-corrected chi connectivity index (χ4v) is 4.30. The van der Waals surface area contributed by atoms with Gasteiger partial charge in [0, 0.05) is 19.5 Å². The Hall–Kier alpha value is -3.60. The highest BCUT2D eigenvalue weighted by Crippen LogP contribution is 2.31. The Kier molecular flexibility index (Phi) is 10.1. The van der Waals surface area contributed by atoms with Crippen LogP contribution in [0.25, 0.3) is 0 Å². The number of ether oxygens (including phenoxy) is 1. The van der Waals surface area contributed by atoms with E-state index in [9.17, 15) is 9.59 Å². The van der Waals surface area contributed by atoms with Crippen LogP contribution in [0.3, 0.4) is 0 Å². The molecule has 5 nitrogen and oxygen atoms in total. The normalized spacial score (nSPS) is 12.2. The molecule has 3 rings (SSSR count). The molecule has 0 aliphatic heterocycles. The lowest BCUT2D eigenvalue weighted by Crippen LogP contribution is -2.52. The molecule has 0 unspecified atom stereocenters. The number of nitrogens with one attached hydrogen (secondary N) is 1. The predicted molar refractivity (Wildman–Crippen MR) is 154 cm³/mol. The van der Waals surface area contributed by atoms with Crippen LogP contribution in [0.4, 0.5) is 0 Å². The first-order valence-electron chi connectivity index (χ1n) is 13.4. The highest BCUT2D eigenvalue weighted by atomic mass is 16.5. The van der Waals surface area contributed by atoms with Crippen LogP contribution in [0.1, 0.15) is 56.9 Å². The van der Waals surface area contributed by atoms with E-state index >= 15 is 0 Å². The molecule has 5 heteroatoms. The predicted octanol–water partition coefficient (Wildman–Crippen LogP) is 6.08. The lowest BCUT2D eigenvalue weighted by molar-refractivity contribution is -0.142. The van der Waals surface area contributed by atoms with Gasteiger partial charge in [0.2, 0.25) is 5.91 Å². The van der Waals surface area contributed by atoms with Gasteiger partial charge in [0.1, 0.15) is 11.8 Å². The largest absolute Gasteiger partial charge is 0.483 e. The molecule has 3 aromatic rings. The van der Waals surface area contributed by atoms with E-state index in [-0.39, 0.29) is 23.8 Å². The highest BCUT2D eigenvalue weighted by molar-refractivity contribution is 5.88. The standard InChI is InChI=1S/C33H42N2O3/c1-24(2)21-34-32(37)29(20-26-12-8-7-9-13-26)35(22-27-18-16-25(3)17-19-27)31(36)23-38-30-15-11-10-14-28(30)33(4,5)6/h7-19,24,29H,20-23H2,1-6H3,(H,34,37)/t29-/m1/s1. The first-order chi connectivity index (χ1) is 18.0. The van der Waals surface area contributed by atoms with E-state index in [4.69, 9.17) is 4.74 Å². The highest BCUT2D eigenvalue weighted by Gasteiger charge is 2.31. The van der Waals surface area contributed by atoms with Crippen LogP contribution in [-0.4, -0.2) is 35.9 Å². The molecule has 0 aromatic heterocycles. The minimum Gasteiger partial charge on any atom is -0.483 e. The minimum absolute atomic E-state index is 0.131. The number of benzene rings is 3. The molecule has 0 bridgehead atoms. The molecule has 0 aliphatic rings. The van der Waals surface area contributed by atoms with Crippen molar-refractivity contribution in [1.29, 1.82) is 0 Å². The van der Waals surface area contributed by atoms with Crippen molar-refractivity contribution in [2.24, 2.45) is 5.92 Å². The molecule has 1 N–H and O–H groups in total. The smallest absolute Gasteiger partial charge is 0.261 e. The van der Waals surface area contributed by atoms with E-state index in [0.29, 0.717) is 31.2 Å². The molecule has 202 valence electrons. The Morgan fingerprint density at radius 3 is 2.13 bits per heavy atom. The maximum atomic E-state index is 13.8. The van der Waals surface area contributed by atoms with Gasteiger partial charge in [-0.25, -0.2) is 0 Å². The van der Waals surface area contributed by atoms with Crippen molar-refractivity contribution in [2.75, 3.05) is 13.2 Å². The number of para-hydroxylation sites is 1. The number of amides is 2. The van der Waals surface area contributed by atoms with Crippen molar-refractivity contribution in [2.45, 2.75) is 66.0 Å². The van der Waals surface area contributed by atoms with Gasteiger partial charge >= 0.3 is 0 Å². The maximum Gasteiger partial charge on any atom is 0.261 e. The van der Waals surface area contributed by atoms with Gasteiger partial charge in [-0.05, 0) is 41.0 Å². The summed E-state index contributed by atoms with van der Waals surface area (Å²) < 4.78 is 6.12. The van der Waals surface area contributed by atoms with Crippen LogP contribution in [-0.2, 0) is 28.0 Å². The topological polar surface area (TPSA) is 58.6 Å². The molecule has 0 fully saturated rings. The summed E-state index contributed by atoms with van der Waals surface area (Å²) in [6, 6.07) is 25.1. The van der Waals surface area contributed by atoms with Crippen molar-refractivity contribution in [3.05, 3.63) is 101 Å². The number of hydrogen-bond acceptors (Lipinski definition) is 3. The van der Waals surface area contributed by atoms with E-state index < -0.39 is 6.04 Å². The van der Waals surface area contributed by atoms with E-state index in [1.54, 1.807) is 4.90 Å². The first-order valence-corrected chi connectivity index (χ1v) is 13.4. The summed E-state index contributed by atoms with van der Waals surface area (Å²) in [5.41, 5.74) is 4.01. The molecule has 1 atom stereocenters. The van der Waals surface area contributed by atoms with E-state index in [1.165, 1.54) is 0 Å². The zero-order valence-corrected chi connectivity index (χ0v) is 23.7. The molecule has 0 saturated carbocycles. The monoisotopic (exact) mass is 514 g/mol. The average Bonchev–Trinajstić information content (AvgIpc) is 2.89. The van der Waals surface area contributed by atoms with Gasteiger partial charge in [0.05, 0.1) is 0 Å². The Morgan fingerprint density at radius 1 is 0.868 bits per heavy atom. The molecular weight excluding hydrogens is 472 g/mol. The SMILES string of the molecule is Cc1ccc(CN(C(=O)COc2ccccc2C(C)(C)C)[C@H](Cc2ccccc2)C(=O)NCC(C)C)cc1. The van der Waals surface area contributed by atoms with Crippen LogP contribution in [0.2, 0.25) is 0 Å². The minimum atomic E-state index is -0.675. The van der Waals surface area contributed by atoms with Crippen molar-refractivity contribution in [3.63, 3.8) is 0 Å². The average molecular weight is 515 g/mol. The number of rotatable bonds is 11. The summed E-state index contributed by atoms with van der Waals surface area (Å²) in [7, 11) is 0. The summed E-state index contributed by atoms with van der Waals surface area (Å²) in [6.07, 6.45) is 0.418. The fraction of sp³-hybridized carbons (Fsp3) is 0.394. The van der Waals surface area contributed by atoms with Gasteiger partial charge in [0.25, 0.3) is 5.91 Å². The summed E-state index contributed by atoms with van der Waals surface area (Å²) in [4.78, 5) is 29.1. The lowest BCUT2D eigenvalue weighted by Gasteiger charge is -2.32. The zero-order chi connectivity index (χ0) is 27.7. The van der Waals surface area contributed by atoms with Crippen LogP contribution in [0.15, 0.2) is 78.9 Å². The number of carbonyl (C=O) groups is 2. The molecule has 0 radical (unpaired) electrons. The summed E-state index contributed by atoms with van der Waals surface area (Å²) in [5.74, 6) is 0.607. The lowest BCUT2D eigenvalue weighted by atomic mass is 9.86. The molecule has 2 amide bonds. The second-order valence-electron chi connectivity index (χ2n) is 11.4. The second-order valence-corrected chi connectivity index (χ2v) is 11.4. The molecular formula is C33H42N2O3. The number of carbonyl (C=O) groups excluding carboxylic acids is 2. The fourth-order valence-electron chi connectivity index (χ4n) is 4.30. The third-order valence-corrected chi connectivity index (χ3v) is 6.48. The van der Waals surface area contributed by atoms with Gasteiger partial charge in [-0.2, -0.15) is 0 Å². The molecule has 0 spiro atoms. The number of aryl methyl sites for hydroxylation is 1. The van der Waals surface area contributed by atoms with Crippen molar-refractivity contribution >= 4 is 11.8 Å². The molecule has 0 saturated heterocycles. The summed E-state index contributed by atoms with van der Waals surface area (Å²) in [5, 5.41) is 3.06. The van der Waals surface area contributed by atoms with Crippen LogP contribution >= 0.6 is 0 Å². The number of nitrogens with zero attached hydrogens (tertiary/aromatic N) is 1. The second kappa shape index (κ2) is 13.3. The van der Waals surface area contributed by atoms with E-state index in [0.717, 1.165) is 22.3 Å². The first kappa shape index (κ1) is 29.0. The van der Waals surface area contributed by atoms with Gasteiger partial charge in [-0.1, -0.05) is 113 Å². The molecule has 3 aromatic carbocycles. The van der Waals surface area contributed by atoms with Crippen molar-refractivity contribution in [3.8, 4) is 5.75 Å². The third-order valence-electron chi connectivity index (χ3n) is 6.48. The van der Waals surface area contributed by atoms with Crippen LogP contribution in [0.5, 0.6) is 5.75 Å². The van der Waals surface area contributed by atoms with E-state index in [2.05, 4.69) is 39.9 Å². The summed E-state index contributed by atoms with van der Waals surface area (Å²) in [6.45, 7) is 13.2. The Bertz CT molecular complexity index is 1180. The van der Waals surface area contributed by atoms with Gasteiger partial charge in [0.15, 0.2) is 6.61 Å². The van der Waals surface area contributed by atoms with Gasteiger partial charge < -0.3 is 15.0 Å². The Morgan fingerprint density at radius 2 is 1.50 bits per heavy atom. The maximum absolute atomic E-state index is 13.8. The zero-order valence-electron chi connectivity index (χ0n) is 23.7. The quantitative estimate of drug-likeness (QED) is 0.337. The van der Waals surface area contributed by atoms with Crippen LogP contribution in [0, 0.1) is 12.8 Å². The van der Waals surface area contributed by atoms with Crippen LogP contribution < -0.4 is 10.1 Å². The van der Waals surface area contributed by atoms with Gasteiger partial charge in [-0.15, -0.1) is 0 Å². The molecule has 0 heterocycles.